The predicted octanol–water partition coefficient (Wildman–Crippen LogP) is 1.58. The summed E-state index contributed by atoms with van der Waals surface area (Å²) >= 11 is 0. The van der Waals surface area contributed by atoms with Gasteiger partial charge in [-0.05, 0) is 19.1 Å². The zero-order valence-corrected chi connectivity index (χ0v) is 7.95. The van der Waals surface area contributed by atoms with Gasteiger partial charge in [-0.15, -0.1) is 0 Å². The Bertz CT molecular complexity index is 437. The minimum absolute atomic E-state index is 0.136. The Morgan fingerprint density at radius 2 is 2.33 bits per heavy atom. The van der Waals surface area contributed by atoms with Crippen LogP contribution < -0.4 is 0 Å². The van der Waals surface area contributed by atoms with Gasteiger partial charge in [0.2, 0.25) is 0 Å². The molecule has 0 unspecified atom stereocenters. The maximum atomic E-state index is 12.9. The van der Waals surface area contributed by atoms with Crippen LogP contribution in [0.3, 0.4) is 0 Å². The van der Waals surface area contributed by atoms with Gasteiger partial charge >= 0.3 is 5.97 Å². The molecule has 1 aromatic carbocycles. The largest absolute Gasteiger partial charge is 0.506 e. The van der Waals surface area contributed by atoms with Crippen molar-refractivity contribution in [2.24, 2.45) is 0 Å². The quantitative estimate of drug-likeness (QED) is 0.750. The summed E-state index contributed by atoms with van der Waals surface area (Å²) < 4.78 is 17.6. The number of hydrogen-bond donors (Lipinski definition) is 1. The monoisotopic (exact) mass is 209 g/mol. The Morgan fingerprint density at radius 3 is 2.87 bits per heavy atom. The first-order chi connectivity index (χ1) is 7.11. The lowest BCUT2D eigenvalue weighted by Crippen LogP contribution is -2.06. The molecule has 1 aromatic rings. The van der Waals surface area contributed by atoms with E-state index in [4.69, 9.17) is 5.26 Å². The van der Waals surface area contributed by atoms with Gasteiger partial charge in [0.25, 0.3) is 0 Å². The standard InChI is InChI=1S/C10H8FNO3/c1-2-15-10(14)6-3-4-8(11)7(5-12)9(6)13/h3-4,13H,2H2,1H3. The first kappa shape index (κ1) is 11.0. The molecular weight excluding hydrogens is 201 g/mol. The average molecular weight is 209 g/mol. The second-order valence-corrected chi connectivity index (χ2v) is 2.65. The van der Waals surface area contributed by atoms with E-state index in [1.165, 1.54) is 6.07 Å². The van der Waals surface area contributed by atoms with Crippen molar-refractivity contribution in [3.05, 3.63) is 29.1 Å². The summed E-state index contributed by atoms with van der Waals surface area (Å²) in [7, 11) is 0. The van der Waals surface area contributed by atoms with Gasteiger partial charge in [-0.2, -0.15) is 5.26 Å². The molecule has 0 saturated carbocycles. The third-order valence-electron chi connectivity index (χ3n) is 1.73. The molecule has 0 radical (unpaired) electrons. The molecule has 0 aliphatic heterocycles. The minimum atomic E-state index is -0.872. The maximum Gasteiger partial charge on any atom is 0.341 e. The van der Waals surface area contributed by atoms with Gasteiger partial charge in [-0.1, -0.05) is 0 Å². The van der Waals surface area contributed by atoms with E-state index in [0.717, 1.165) is 12.1 Å². The molecule has 1 rings (SSSR count). The summed E-state index contributed by atoms with van der Waals surface area (Å²) in [5.41, 5.74) is -0.768. The van der Waals surface area contributed by atoms with Crippen molar-refractivity contribution < 1.29 is 19.0 Å². The molecule has 0 aliphatic rings. The fourth-order valence-corrected chi connectivity index (χ4v) is 1.05. The first-order valence-corrected chi connectivity index (χ1v) is 4.20. The minimum Gasteiger partial charge on any atom is -0.506 e. The third kappa shape index (κ3) is 2.05. The van der Waals surface area contributed by atoms with E-state index < -0.39 is 23.1 Å². The lowest BCUT2D eigenvalue weighted by molar-refractivity contribution is 0.0523. The molecule has 1 N–H and O–H groups in total. The Hall–Kier alpha value is -2.09. The van der Waals surface area contributed by atoms with E-state index >= 15 is 0 Å². The Labute approximate surface area is 85.5 Å². The summed E-state index contributed by atoms with van der Waals surface area (Å²) in [6.45, 7) is 1.74. The normalized spacial score (nSPS) is 9.40. The molecule has 0 atom stereocenters. The lowest BCUT2D eigenvalue weighted by Gasteiger charge is -2.05. The smallest absolute Gasteiger partial charge is 0.341 e. The number of nitriles is 1. The van der Waals surface area contributed by atoms with Crippen molar-refractivity contribution in [3.8, 4) is 11.8 Å². The van der Waals surface area contributed by atoms with Crippen molar-refractivity contribution in [1.82, 2.24) is 0 Å². The van der Waals surface area contributed by atoms with E-state index in [-0.39, 0.29) is 12.2 Å². The fourth-order valence-electron chi connectivity index (χ4n) is 1.05. The number of ether oxygens (including phenoxy) is 1. The Kier molecular flexibility index (Phi) is 3.24. The van der Waals surface area contributed by atoms with Crippen LogP contribution in [0.2, 0.25) is 0 Å². The Morgan fingerprint density at radius 1 is 1.67 bits per heavy atom. The van der Waals surface area contributed by atoms with Gasteiger partial charge in [-0.25, -0.2) is 9.18 Å². The second-order valence-electron chi connectivity index (χ2n) is 2.65. The highest BCUT2D eigenvalue weighted by Gasteiger charge is 2.18. The highest BCUT2D eigenvalue weighted by atomic mass is 19.1. The van der Waals surface area contributed by atoms with Crippen LogP contribution in [0.5, 0.6) is 5.75 Å². The second kappa shape index (κ2) is 4.42. The number of aromatic hydroxyl groups is 1. The van der Waals surface area contributed by atoms with Gasteiger partial charge in [0, 0.05) is 0 Å². The molecule has 0 fully saturated rings. The van der Waals surface area contributed by atoms with Crippen molar-refractivity contribution in [2.45, 2.75) is 6.92 Å². The number of carbonyl (C=O) groups is 1. The number of nitrogens with zero attached hydrogens (tertiary/aromatic N) is 1. The van der Waals surface area contributed by atoms with Crippen molar-refractivity contribution in [3.63, 3.8) is 0 Å². The van der Waals surface area contributed by atoms with E-state index in [9.17, 15) is 14.3 Å². The topological polar surface area (TPSA) is 70.3 Å². The van der Waals surface area contributed by atoms with Crippen LogP contribution >= 0.6 is 0 Å². The molecule has 0 aliphatic carbocycles. The molecule has 0 amide bonds. The molecule has 78 valence electrons. The van der Waals surface area contributed by atoms with Crippen LogP contribution in [0.25, 0.3) is 0 Å². The van der Waals surface area contributed by atoms with E-state index in [2.05, 4.69) is 4.74 Å². The molecular formula is C10H8FNO3. The molecule has 0 aromatic heterocycles. The van der Waals surface area contributed by atoms with Crippen LogP contribution in [0.15, 0.2) is 12.1 Å². The van der Waals surface area contributed by atoms with Crippen LogP contribution in [0.1, 0.15) is 22.8 Å². The number of hydrogen-bond acceptors (Lipinski definition) is 4. The number of phenols is 1. The molecule has 0 heterocycles. The van der Waals surface area contributed by atoms with Crippen molar-refractivity contribution in [2.75, 3.05) is 6.61 Å². The fraction of sp³-hybridized carbons (Fsp3) is 0.200. The molecule has 0 saturated heterocycles. The van der Waals surface area contributed by atoms with Gasteiger partial charge in [0.1, 0.15) is 23.0 Å². The molecule has 5 heteroatoms. The molecule has 0 bridgehead atoms. The zero-order chi connectivity index (χ0) is 11.4. The number of halogens is 1. The predicted molar refractivity (Wildman–Crippen MR) is 48.7 cm³/mol. The van der Waals surface area contributed by atoms with Crippen LogP contribution in [-0.4, -0.2) is 17.7 Å². The van der Waals surface area contributed by atoms with Crippen LogP contribution in [0, 0.1) is 17.1 Å². The molecule has 15 heavy (non-hydrogen) atoms. The van der Waals surface area contributed by atoms with Gasteiger partial charge in [0.15, 0.2) is 5.75 Å². The SMILES string of the molecule is CCOC(=O)c1ccc(F)c(C#N)c1O. The first-order valence-electron chi connectivity index (χ1n) is 4.20. The summed E-state index contributed by atoms with van der Waals surface area (Å²) in [5.74, 6) is -2.34. The summed E-state index contributed by atoms with van der Waals surface area (Å²) in [5, 5.41) is 17.9. The highest BCUT2D eigenvalue weighted by Crippen LogP contribution is 2.25. The number of phenolic OH excluding ortho intramolecular Hbond substituents is 1. The third-order valence-corrected chi connectivity index (χ3v) is 1.73. The number of benzene rings is 1. The lowest BCUT2D eigenvalue weighted by atomic mass is 10.1. The van der Waals surface area contributed by atoms with Crippen molar-refractivity contribution >= 4 is 5.97 Å². The number of esters is 1. The molecule has 4 nitrogen and oxygen atoms in total. The van der Waals surface area contributed by atoms with Gasteiger partial charge < -0.3 is 9.84 Å². The summed E-state index contributed by atoms with van der Waals surface area (Å²) in [6, 6.07) is 3.48. The average Bonchev–Trinajstić information content (AvgIpc) is 2.18. The number of rotatable bonds is 2. The van der Waals surface area contributed by atoms with Crippen molar-refractivity contribution in [1.29, 1.82) is 5.26 Å². The number of carbonyl (C=O) groups excluding carboxylic acids is 1. The summed E-state index contributed by atoms with van der Waals surface area (Å²) in [4.78, 5) is 11.2. The van der Waals surface area contributed by atoms with E-state index in [1.54, 1.807) is 6.92 Å². The Balaban J connectivity index is 3.23. The van der Waals surface area contributed by atoms with E-state index in [0.29, 0.717) is 0 Å². The van der Waals surface area contributed by atoms with Gasteiger partial charge in [0.05, 0.1) is 6.61 Å². The summed E-state index contributed by atoms with van der Waals surface area (Å²) in [6.07, 6.45) is 0. The molecule has 0 spiro atoms. The van der Waals surface area contributed by atoms with Crippen LogP contribution in [-0.2, 0) is 4.74 Å². The van der Waals surface area contributed by atoms with E-state index in [1.807, 2.05) is 0 Å². The van der Waals surface area contributed by atoms with Gasteiger partial charge in [-0.3, -0.25) is 0 Å². The maximum absolute atomic E-state index is 12.9. The van der Waals surface area contributed by atoms with Crippen LogP contribution in [0.4, 0.5) is 4.39 Å². The zero-order valence-electron chi connectivity index (χ0n) is 7.95. The highest BCUT2D eigenvalue weighted by molar-refractivity contribution is 5.93.